The monoisotopic (exact) mass is 279 g/mol. The lowest BCUT2D eigenvalue weighted by Crippen LogP contribution is -2.58. The Balaban J connectivity index is 1.74. The minimum Gasteiger partial charge on any atom is -0.384 e. The second-order valence-electron chi connectivity index (χ2n) is 6.40. The van der Waals surface area contributed by atoms with Crippen molar-refractivity contribution in [2.24, 2.45) is 5.41 Å². The second-order valence-corrected chi connectivity index (χ2v) is 6.40. The number of fused-ring (bicyclic) bond motifs is 1. The number of carbonyl (C=O) groups excluding carboxylic acids is 1. The van der Waals surface area contributed by atoms with Crippen molar-refractivity contribution in [3.63, 3.8) is 0 Å². The third-order valence-electron chi connectivity index (χ3n) is 5.02. The lowest BCUT2D eigenvalue weighted by Gasteiger charge is -2.50. The van der Waals surface area contributed by atoms with E-state index in [0.717, 1.165) is 63.8 Å². The summed E-state index contributed by atoms with van der Waals surface area (Å²) in [6.45, 7) is 3.17. The van der Waals surface area contributed by atoms with E-state index in [1.807, 2.05) is 4.90 Å². The van der Waals surface area contributed by atoms with Gasteiger partial charge in [-0.1, -0.05) is 6.08 Å². The first-order valence-electron chi connectivity index (χ1n) is 7.84. The zero-order valence-corrected chi connectivity index (χ0v) is 12.4. The molecule has 3 rings (SSSR count). The number of rotatable bonds is 3. The molecule has 1 amide bonds. The van der Waals surface area contributed by atoms with Crippen molar-refractivity contribution in [1.82, 2.24) is 4.90 Å². The van der Waals surface area contributed by atoms with Crippen molar-refractivity contribution in [3.05, 3.63) is 11.6 Å². The van der Waals surface area contributed by atoms with Crippen molar-refractivity contribution in [1.29, 1.82) is 0 Å². The summed E-state index contributed by atoms with van der Waals surface area (Å²) >= 11 is 0. The van der Waals surface area contributed by atoms with Crippen LogP contribution < -0.4 is 0 Å². The molecule has 3 aliphatic rings. The van der Waals surface area contributed by atoms with E-state index in [0.29, 0.717) is 6.61 Å². The molecule has 1 aliphatic carbocycles. The van der Waals surface area contributed by atoms with Crippen molar-refractivity contribution < 1.29 is 14.3 Å². The molecule has 0 aromatic heterocycles. The fourth-order valence-electron chi connectivity index (χ4n) is 4.03. The summed E-state index contributed by atoms with van der Waals surface area (Å²) in [4.78, 5) is 14.6. The molecule has 4 heteroatoms. The van der Waals surface area contributed by atoms with E-state index < -0.39 is 0 Å². The Morgan fingerprint density at radius 1 is 1.55 bits per heavy atom. The highest BCUT2D eigenvalue weighted by Crippen LogP contribution is 2.41. The predicted molar refractivity (Wildman–Crippen MR) is 76.4 cm³/mol. The Bertz CT molecular complexity index is 403. The van der Waals surface area contributed by atoms with Gasteiger partial charge < -0.3 is 14.4 Å². The Hall–Kier alpha value is -0.870. The van der Waals surface area contributed by atoms with Crippen LogP contribution >= 0.6 is 0 Å². The molecule has 112 valence electrons. The number of nitrogens with zero attached hydrogens (tertiary/aromatic N) is 1. The molecule has 4 nitrogen and oxygen atoms in total. The molecule has 20 heavy (non-hydrogen) atoms. The van der Waals surface area contributed by atoms with Crippen LogP contribution in [-0.4, -0.2) is 50.3 Å². The van der Waals surface area contributed by atoms with Crippen LogP contribution in [-0.2, 0) is 14.3 Å². The first-order valence-corrected chi connectivity index (χ1v) is 7.84. The standard InChI is InChI=1S/C16H25NO3/c1-19-12-16-8-4-10-20-14(16)7-9-17(11-16)15(18)13-5-2-3-6-13/h5,14H,2-4,6-12H2,1H3/t14-,16+/m1/s1. The molecule has 2 saturated heterocycles. The molecular formula is C16H25NO3. The van der Waals surface area contributed by atoms with Crippen molar-refractivity contribution in [3.8, 4) is 0 Å². The zero-order chi connectivity index (χ0) is 14.0. The summed E-state index contributed by atoms with van der Waals surface area (Å²) < 4.78 is 11.4. The van der Waals surface area contributed by atoms with Crippen LogP contribution in [0.2, 0.25) is 0 Å². The number of hydrogen-bond donors (Lipinski definition) is 0. The minimum absolute atomic E-state index is 0.0140. The third-order valence-corrected chi connectivity index (χ3v) is 5.02. The number of hydrogen-bond acceptors (Lipinski definition) is 3. The minimum atomic E-state index is 0.0140. The lowest BCUT2D eigenvalue weighted by molar-refractivity contribution is -0.159. The fourth-order valence-corrected chi connectivity index (χ4v) is 4.03. The topological polar surface area (TPSA) is 38.8 Å². The molecule has 2 heterocycles. The smallest absolute Gasteiger partial charge is 0.249 e. The number of piperidine rings is 1. The second kappa shape index (κ2) is 5.86. The van der Waals surface area contributed by atoms with E-state index >= 15 is 0 Å². The van der Waals surface area contributed by atoms with Crippen LogP contribution in [0.3, 0.4) is 0 Å². The third kappa shape index (κ3) is 2.51. The highest BCUT2D eigenvalue weighted by atomic mass is 16.5. The van der Waals surface area contributed by atoms with Crippen molar-refractivity contribution >= 4 is 5.91 Å². The SMILES string of the molecule is COC[C@@]12CCCO[C@@H]1CCN(C(=O)C1=CCCC1)C2. The highest BCUT2D eigenvalue weighted by molar-refractivity contribution is 5.93. The van der Waals surface area contributed by atoms with Gasteiger partial charge in [-0.15, -0.1) is 0 Å². The maximum absolute atomic E-state index is 12.6. The molecular weight excluding hydrogens is 254 g/mol. The molecule has 0 radical (unpaired) electrons. The molecule has 0 bridgehead atoms. The van der Waals surface area contributed by atoms with Crippen LogP contribution in [0.25, 0.3) is 0 Å². The number of carbonyl (C=O) groups is 1. The Kier molecular flexibility index (Phi) is 4.13. The Labute approximate surface area is 121 Å². The Morgan fingerprint density at radius 2 is 2.45 bits per heavy atom. The normalized spacial score (nSPS) is 33.8. The van der Waals surface area contributed by atoms with Gasteiger partial charge in [-0.05, 0) is 38.5 Å². The first-order chi connectivity index (χ1) is 9.75. The zero-order valence-electron chi connectivity index (χ0n) is 12.4. The number of ether oxygens (including phenoxy) is 2. The molecule has 2 fully saturated rings. The largest absolute Gasteiger partial charge is 0.384 e. The van der Waals surface area contributed by atoms with E-state index in [-0.39, 0.29) is 17.4 Å². The predicted octanol–water partition coefficient (Wildman–Crippen LogP) is 2.14. The van der Waals surface area contributed by atoms with Crippen molar-refractivity contribution in [2.45, 2.75) is 44.6 Å². The van der Waals surface area contributed by atoms with E-state index in [9.17, 15) is 4.79 Å². The average molecular weight is 279 g/mol. The highest BCUT2D eigenvalue weighted by Gasteiger charge is 2.47. The summed E-state index contributed by atoms with van der Waals surface area (Å²) in [5, 5.41) is 0. The van der Waals surface area contributed by atoms with Crippen LogP contribution in [0.1, 0.15) is 38.5 Å². The van der Waals surface area contributed by atoms with Crippen LogP contribution in [0.4, 0.5) is 0 Å². The van der Waals surface area contributed by atoms with Gasteiger partial charge in [0.1, 0.15) is 0 Å². The van der Waals surface area contributed by atoms with Crippen LogP contribution in [0.15, 0.2) is 11.6 Å². The van der Waals surface area contributed by atoms with Crippen LogP contribution in [0, 0.1) is 5.41 Å². The summed E-state index contributed by atoms with van der Waals surface area (Å²) in [5.74, 6) is 0.252. The van der Waals surface area contributed by atoms with E-state index in [4.69, 9.17) is 9.47 Å². The number of allylic oxidation sites excluding steroid dienone is 1. The number of methoxy groups -OCH3 is 1. The summed E-state index contributed by atoms with van der Waals surface area (Å²) in [7, 11) is 1.75. The lowest BCUT2D eigenvalue weighted by atomic mass is 9.73. The molecule has 0 aromatic carbocycles. The molecule has 0 spiro atoms. The van der Waals surface area contributed by atoms with Gasteiger partial charge in [0.05, 0.1) is 12.7 Å². The van der Waals surface area contributed by atoms with Gasteiger partial charge in [-0.25, -0.2) is 0 Å². The molecule has 0 N–H and O–H groups in total. The maximum atomic E-state index is 12.6. The van der Waals surface area contributed by atoms with E-state index in [1.165, 1.54) is 0 Å². The first kappa shape index (κ1) is 14.1. The van der Waals surface area contributed by atoms with Gasteiger partial charge in [-0.2, -0.15) is 0 Å². The summed E-state index contributed by atoms with van der Waals surface area (Å²) in [5.41, 5.74) is 1.04. The van der Waals surface area contributed by atoms with E-state index in [2.05, 4.69) is 6.08 Å². The molecule has 2 atom stereocenters. The molecule has 2 aliphatic heterocycles. The average Bonchev–Trinajstić information content (AvgIpc) is 3.00. The van der Waals surface area contributed by atoms with Gasteiger partial charge in [0.2, 0.25) is 5.91 Å². The molecule has 0 aromatic rings. The maximum Gasteiger partial charge on any atom is 0.249 e. The van der Waals surface area contributed by atoms with Gasteiger partial charge in [0.25, 0.3) is 0 Å². The molecule has 0 saturated carbocycles. The molecule has 0 unspecified atom stereocenters. The summed E-state index contributed by atoms with van der Waals surface area (Å²) in [6.07, 6.45) is 8.65. The number of likely N-dealkylation sites (tertiary alicyclic amines) is 1. The Morgan fingerprint density at radius 3 is 3.20 bits per heavy atom. The number of amides is 1. The van der Waals surface area contributed by atoms with Gasteiger partial charge in [0, 0.05) is 37.8 Å². The van der Waals surface area contributed by atoms with Gasteiger partial charge in [0.15, 0.2) is 0 Å². The quantitative estimate of drug-likeness (QED) is 0.794. The van der Waals surface area contributed by atoms with Gasteiger partial charge >= 0.3 is 0 Å². The van der Waals surface area contributed by atoms with Crippen LogP contribution in [0.5, 0.6) is 0 Å². The summed E-state index contributed by atoms with van der Waals surface area (Å²) in [6, 6.07) is 0. The van der Waals surface area contributed by atoms with Crippen molar-refractivity contribution in [2.75, 3.05) is 33.4 Å². The van der Waals surface area contributed by atoms with E-state index in [1.54, 1.807) is 7.11 Å². The van der Waals surface area contributed by atoms with Gasteiger partial charge in [-0.3, -0.25) is 4.79 Å². The fraction of sp³-hybridized carbons (Fsp3) is 0.812.